The summed E-state index contributed by atoms with van der Waals surface area (Å²) in [6.45, 7) is 0.839. The van der Waals surface area contributed by atoms with Gasteiger partial charge in [0.05, 0.1) is 17.8 Å². The van der Waals surface area contributed by atoms with Crippen LogP contribution >= 0.6 is 11.3 Å². The number of anilines is 2. The summed E-state index contributed by atoms with van der Waals surface area (Å²) in [5, 5.41) is 10.9. The van der Waals surface area contributed by atoms with Crippen LogP contribution < -0.4 is 10.6 Å². The van der Waals surface area contributed by atoms with Crippen molar-refractivity contribution < 1.29 is 0 Å². The normalized spacial score (nSPS) is 14.1. The number of nitrogens with two attached hydrogens (primary N) is 1. The van der Waals surface area contributed by atoms with Gasteiger partial charge < -0.3 is 10.6 Å². The molecule has 0 unspecified atom stereocenters. The summed E-state index contributed by atoms with van der Waals surface area (Å²) in [5.41, 5.74) is 7.13. The Morgan fingerprint density at radius 3 is 2.95 bits per heavy atom. The predicted octanol–water partition coefficient (Wildman–Crippen LogP) is 2.77. The van der Waals surface area contributed by atoms with Crippen molar-refractivity contribution in [2.45, 2.75) is 25.4 Å². The molecule has 1 aliphatic carbocycles. The Balaban J connectivity index is 1.90. The molecule has 96 valence electrons. The maximum Gasteiger partial charge on any atom is 0.152 e. The molecule has 2 N–H and O–H groups in total. The number of rotatable bonds is 4. The highest BCUT2D eigenvalue weighted by molar-refractivity contribution is 7.09. The lowest BCUT2D eigenvalue weighted by atomic mass is 10.2. The molecular weight excluding hydrogens is 256 g/mol. The summed E-state index contributed by atoms with van der Waals surface area (Å²) in [4.78, 5) is 7.93. The number of aromatic nitrogens is 1. The first kappa shape index (κ1) is 12.0. The zero-order chi connectivity index (χ0) is 13.2. The van der Waals surface area contributed by atoms with Gasteiger partial charge in [0, 0.05) is 17.1 Å². The lowest BCUT2D eigenvalue weighted by Crippen LogP contribution is -2.26. The number of hydrogen-bond acceptors (Lipinski definition) is 5. The molecule has 0 spiro atoms. The highest BCUT2D eigenvalue weighted by Crippen LogP contribution is 2.35. The number of thiophene rings is 1. The van der Waals surface area contributed by atoms with Gasteiger partial charge in [0.25, 0.3) is 0 Å². The Bertz CT molecular complexity index is 611. The Hall–Kier alpha value is -2.06. The molecule has 0 aliphatic heterocycles. The third-order valence-electron chi connectivity index (χ3n) is 3.19. The molecule has 2 aromatic heterocycles. The van der Waals surface area contributed by atoms with Crippen molar-refractivity contribution in [3.05, 3.63) is 40.2 Å². The summed E-state index contributed by atoms with van der Waals surface area (Å²) < 4.78 is 0. The quantitative estimate of drug-likeness (QED) is 0.927. The minimum absolute atomic E-state index is 0.508. The fraction of sp³-hybridized carbons (Fsp3) is 0.286. The Morgan fingerprint density at radius 2 is 2.37 bits per heavy atom. The van der Waals surface area contributed by atoms with E-state index in [0.29, 0.717) is 17.3 Å². The minimum atomic E-state index is 0.508. The van der Waals surface area contributed by atoms with Crippen molar-refractivity contribution in [1.82, 2.24) is 4.98 Å². The van der Waals surface area contributed by atoms with Crippen molar-refractivity contribution in [2.75, 3.05) is 10.6 Å². The SMILES string of the molecule is N#Cc1cnc(N(Cc2cccs2)C2CC2)c(N)c1. The van der Waals surface area contributed by atoms with Crippen LogP contribution in [-0.4, -0.2) is 11.0 Å². The van der Waals surface area contributed by atoms with E-state index in [1.165, 1.54) is 17.7 Å². The maximum atomic E-state index is 8.86. The largest absolute Gasteiger partial charge is 0.396 e. The monoisotopic (exact) mass is 270 g/mol. The standard InChI is InChI=1S/C14H14N4S/c15-7-10-6-13(16)14(17-8-10)18(11-3-4-11)9-12-2-1-5-19-12/h1-2,5-6,8,11H,3-4,9,16H2. The van der Waals surface area contributed by atoms with E-state index in [9.17, 15) is 0 Å². The molecule has 2 heterocycles. The summed E-state index contributed by atoms with van der Waals surface area (Å²) in [7, 11) is 0. The van der Waals surface area contributed by atoms with Gasteiger partial charge in [-0.1, -0.05) is 6.07 Å². The smallest absolute Gasteiger partial charge is 0.152 e. The second-order valence-electron chi connectivity index (χ2n) is 4.69. The second-order valence-corrected chi connectivity index (χ2v) is 5.72. The zero-order valence-corrected chi connectivity index (χ0v) is 11.2. The number of pyridine rings is 1. The van der Waals surface area contributed by atoms with Gasteiger partial charge in [-0.05, 0) is 30.4 Å². The molecule has 1 fully saturated rings. The van der Waals surface area contributed by atoms with Gasteiger partial charge in [-0.3, -0.25) is 0 Å². The summed E-state index contributed by atoms with van der Waals surface area (Å²) >= 11 is 1.74. The third kappa shape index (κ3) is 2.54. The summed E-state index contributed by atoms with van der Waals surface area (Å²) in [6, 6.07) is 8.48. The molecule has 0 radical (unpaired) electrons. The Kier molecular flexibility index (Phi) is 3.10. The van der Waals surface area contributed by atoms with Crippen LogP contribution in [0.1, 0.15) is 23.3 Å². The number of nitrogens with zero attached hydrogens (tertiary/aromatic N) is 3. The highest BCUT2D eigenvalue weighted by Gasteiger charge is 2.31. The molecule has 5 heteroatoms. The first-order valence-corrected chi connectivity index (χ1v) is 7.10. The predicted molar refractivity (Wildman–Crippen MR) is 76.9 cm³/mol. The van der Waals surface area contributed by atoms with Crippen LogP contribution in [-0.2, 0) is 6.54 Å². The van der Waals surface area contributed by atoms with Crippen molar-refractivity contribution in [3.8, 4) is 6.07 Å². The van der Waals surface area contributed by atoms with Crippen LogP contribution in [0.25, 0.3) is 0 Å². The number of hydrogen-bond donors (Lipinski definition) is 1. The van der Waals surface area contributed by atoms with E-state index >= 15 is 0 Å². The lowest BCUT2D eigenvalue weighted by Gasteiger charge is -2.24. The van der Waals surface area contributed by atoms with Crippen molar-refractivity contribution in [1.29, 1.82) is 5.26 Å². The fourth-order valence-electron chi connectivity index (χ4n) is 2.11. The zero-order valence-electron chi connectivity index (χ0n) is 10.4. The Labute approximate surface area is 116 Å². The van der Waals surface area contributed by atoms with Gasteiger partial charge in [0.2, 0.25) is 0 Å². The molecule has 4 nitrogen and oxygen atoms in total. The van der Waals surface area contributed by atoms with Crippen LogP contribution in [0.15, 0.2) is 29.8 Å². The van der Waals surface area contributed by atoms with Gasteiger partial charge in [-0.2, -0.15) is 5.26 Å². The molecule has 0 amide bonds. The molecule has 0 bridgehead atoms. The van der Waals surface area contributed by atoms with Crippen LogP contribution in [0.3, 0.4) is 0 Å². The van der Waals surface area contributed by atoms with Crippen molar-refractivity contribution in [3.63, 3.8) is 0 Å². The molecule has 19 heavy (non-hydrogen) atoms. The van der Waals surface area contributed by atoms with Crippen LogP contribution in [0, 0.1) is 11.3 Å². The average Bonchev–Trinajstić information content (AvgIpc) is 3.14. The van der Waals surface area contributed by atoms with E-state index in [2.05, 4.69) is 33.5 Å². The Morgan fingerprint density at radius 1 is 1.53 bits per heavy atom. The molecular formula is C14H14N4S. The molecule has 0 aromatic carbocycles. The third-order valence-corrected chi connectivity index (χ3v) is 4.05. The molecule has 0 saturated heterocycles. The highest BCUT2D eigenvalue weighted by atomic mass is 32.1. The molecule has 1 saturated carbocycles. The van der Waals surface area contributed by atoms with E-state index in [0.717, 1.165) is 12.4 Å². The van der Waals surface area contributed by atoms with E-state index in [4.69, 9.17) is 11.0 Å². The minimum Gasteiger partial charge on any atom is -0.396 e. The average molecular weight is 270 g/mol. The first-order chi connectivity index (χ1) is 9.28. The van der Waals surface area contributed by atoms with E-state index in [1.807, 2.05) is 0 Å². The van der Waals surface area contributed by atoms with Gasteiger partial charge >= 0.3 is 0 Å². The van der Waals surface area contributed by atoms with Crippen LogP contribution in [0.2, 0.25) is 0 Å². The molecule has 1 aliphatic rings. The summed E-state index contributed by atoms with van der Waals surface area (Å²) in [6.07, 6.45) is 3.97. The van der Waals surface area contributed by atoms with E-state index < -0.39 is 0 Å². The lowest BCUT2D eigenvalue weighted by molar-refractivity contribution is 0.788. The topological polar surface area (TPSA) is 65.9 Å². The maximum absolute atomic E-state index is 8.86. The first-order valence-electron chi connectivity index (χ1n) is 6.22. The molecule has 2 aromatic rings. The number of nitriles is 1. The molecule has 0 atom stereocenters. The van der Waals surface area contributed by atoms with Crippen LogP contribution in [0.4, 0.5) is 11.5 Å². The van der Waals surface area contributed by atoms with Gasteiger partial charge in [-0.25, -0.2) is 4.98 Å². The second kappa shape index (κ2) is 4.90. The fourth-order valence-corrected chi connectivity index (χ4v) is 2.81. The van der Waals surface area contributed by atoms with Crippen molar-refractivity contribution in [2.24, 2.45) is 0 Å². The summed E-state index contributed by atoms with van der Waals surface area (Å²) in [5.74, 6) is 0.801. The van der Waals surface area contributed by atoms with Crippen molar-refractivity contribution >= 4 is 22.8 Å². The van der Waals surface area contributed by atoms with E-state index in [1.54, 1.807) is 23.6 Å². The van der Waals surface area contributed by atoms with Crippen LogP contribution in [0.5, 0.6) is 0 Å². The van der Waals surface area contributed by atoms with E-state index in [-0.39, 0.29) is 0 Å². The van der Waals surface area contributed by atoms with Gasteiger partial charge in [0.15, 0.2) is 5.82 Å². The van der Waals surface area contributed by atoms with Gasteiger partial charge in [-0.15, -0.1) is 11.3 Å². The molecule has 3 rings (SSSR count). The van der Waals surface area contributed by atoms with Gasteiger partial charge in [0.1, 0.15) is 6.07 Å². The number of nitrogen functional groups attached to an aromatic ring is 1.